The Balaban J connectivity index is 1.41. The second-order valence-corrected chi connectivity index (χ2v) is 7.71. The summed E-state index contributed by atoms with van der Waals surface area (Å²) >= 11 is 1.24. The fourth-order valence-electron chi connectivity index (χ4n) is 3.28. The Hall–Kier alpha value is -3.14. The van der Waals surface area contributed by atoms with Crippen LogP contribution in [0.2, 0.25) is 0 Å². The van der Waals surface area contributed by atoms with Gasteiger partial charge >= 0.3 is 6.03 Å². The van der Waals surface area contributed by atoms with Crippen molar-refractivity contribution in [3.63, 3.8) is 0 Å². The maximum Gasteiger partial charge on any atom is 0.322 e. The van der Waals surface area contributed by atoms with Crippen LogP contribution in [-0.4, -0.2) is 56.3 Å². The van der Waals surface area contributed by atoms with Crippen LogP contribution in [0, 0.1) is 11.6 Å². The Bertz CT molecular complexity index is 1080. The molecule has 1 aliphatic heterocycles. The van der Waals surface area contributed by atoms with E-state index in [9.17, 15) is 13.6 Å². The van der Waals surface area contributed by atoms with Crippen LogP contribution >= 0.6 is 11.3 Å². The lowest BCUT2D eigenvalue weighted by atomic mass is 10.2. The Morgan fingerprint density at radius 2 is 1.87 bits per heavy atom. The summed E-state index contributed by atoms with van der Waals surface area (Å²) in [6, 6.07) is 7.04. The van der Waals surface area contributed by atoms with E-state index in [0.29, 0.717) is 53.2 Å². The molecule has 0 spiro atoms. The summed E-state index contributed by atoms with van der Waals surface area (Å²) in [7, 11) is 3.08. The van der Waals surface area contributed by atoms with Crippen LogP contribution in [0.1, 0.15) is 0 Å². The molecule has 1 saturated heterocycles. The van der Waals surface area contributed by atoms with Gasteiger partial charge in [-0.15, -0.1) is 0 Å². The second-order valence-electron chi connectivity index (χ2n) is 6.70. The van der Waals surface area contributed by atoms with Crippen LogP contribution in [0.3, 0.4) is 0 Å². The molecule has 0 aliphatic carbocycles. The van der Waals surface area contributed by atoms with Crippen molar-refractivity contribution in [3.8, 4) is 11.5 Å². The summed E-state index contributed by atoms with van der Waals surface area (Å²) in [6.45, 7) is 2.02. The molecular weight excluding hydrogens is 414 g/mol. The predicted molar refractivity (Wildman–Crippen MR) is 112 cm³/mol. The molecule has 0 bridgehead atoms. The number of carbonyl (C=O) groups excluding carboxylic acids is 1. The van der Waals surface area contributed by atoms with Gasteiger partial charge in [0.15, 0.2) is 10.9 Å². The van der Waals surface area contributed by atoms with E-state index in [1.54, 1.807) is 30.2 Å². The number of carbonyl (C=O) groups is 1. The number of halogens is 2. The van der Waals surface area contributed by atoms with E-state index in [4.69, 9.17) is 9.47 Å². The average molecular weight is 434 g/mol. The summed E-state index contributed by atoms with van der Waals surface area (Å²) in [5.74, 6) is -0.153. The van der Waals surface area contributed by atoms with E-state index in [-0.39, 0.29) is 11.5 Å². The fourth-order valence-corrected chi connectivity index (χ4v) is 4.33. The average Bonchev–Trinajstić information content (AvgIpc) is 3.18. The van der Waals surface area contributed by atoms with Crippen LogP contribution in [0.4, 0.5) is 24.4 Å². The molecule has 1 aliphatic rings. The summed E-state index contributed by atoms with van der Waals surface area (Å²) in [4.78, 5) is 20.6. The molecule has 2 aromatic carbocycles. The number of hydrogen-bond donors (Lipinski definition) is 1. The number of anilines is 2. The predicted octanol–water partition coefficient (Wildman–Crippen LogP) is 3.95. The summed E-state index contributed by atoms with van der Waals surface area (Å²) in [5.41, 5.74) is 0.720. The molecule has 2 heterocycles. The monoisotopic (exact) mass is 434 g/mol. The molecule has 30 heavy (non-hydrogen) atoms. The van der Waals surface area contributed by atoms with Gasteiger partial charge in [-0.05, 0) is 18.2 Å². The van der Waals surface area contributed by atoms with Gasteiger partial charge < -0.3 is 24.6 Å². The van der Waals surface area contributed by atoms with Crippen molar-refractivity contribution >= 4 is 38.4 Å². The summed E-state index contributed by atoms with van der Waals surface area (Å²) in [5, 5.41) is 3.47. The number of methoxy groups -OCH3 is 2. The van der Waals surface area contributed by atoms with Crippen LogP contribution in [0.15, 0.2) is 30.3 Å². The molecule has 1 N–H and O–H groups in total. The molecule has 2 amide bonds. The summed E-state index contributed by atoms with van der Waals surface area (Å²) < 4.78 is 38.3. The number of urea groups is 1. The number of nitrogens with one attached hydrogen (secondary N) is 1. The van der Waals surface area contributed by atoms with E-state index in [1.807, 2.05) is 4.90 Å². The molecule has 0 radical (unpaired) electrons. The lowest BCUT2D eigenvalue weighted by Crippen LogP contribution is -2.50. The molecule has 1 aromatic heterocycles. The maximum absolute atomic E-state index is 13.9. The number of aromatic nitrogens is 1. The number of benzene rings is 2. The molecule has 0 saturated carbocycles. The van der Waals surface area contributed by atoms with Gasteiger partial charge in [0, 0.05) is 38.3 Å². The lowest BCUT2D eigenvalue weighted by Gasteiger charge is -2.34. The van der Waals surface area contributed by atoms with E-state index in [1.165, 1.54) is 24.5 Å². The maximum atomic E-state index is 13.9. The topological polar surface area (TPSA) is 66.9 Å². The third-order valence-corrected chi connectivity index (χ3v) is 5.95. The van der Waals surface area contributed by atoms with Gasteiger partial charge in [-0.2, -0.15) is 0 Å². The lowest BCUT2D eigenvalue weighted by molar-refractivity contribution is 0.208. The number of piperazine rings is 1. The zero-order valence-electron chi connectivity index (χ0n) is 16.4. The molecule has 0 atom stereocenters. The zero-order chi connectivity index (χ0) is 21.3. The van der Waals surface area contributed by atoms with Gasteiger partial charge in [-0.1, -0.05) is 11.3 Å². The first-order valence-electron chi connectivity index (χ1n) is 9.27. The van der Waals surface area contributed by atoms with Crippen molar-refractivity contribution in [2.75, 3.05) is 50.6 Å². The number of fused-ring (bicyclic) bond motifs is 1. The quantitative estimate of drug-likeness (QED) is 0.674. The minimum absolute atomic E-state index is 0.170. The number of ether oxygens (including phenoxy) is 2. The van der Waals surface area contributed by atoms with Gasteiger partial charge in [0.1, 0.15) is 22.8 Å². The zero-order valence-corrected chi connectivity index (χ0v) is 17.3. The highest BCUT2D eigenvalue weighted by atomic mass is 32.1. The Morgan fingerprint density at radius 3 is 2.57 bits per heavy atom. The molecule has 158 valence electrons. The van der Waals surface area contributed by atoms with E-state index in [2.05, 4.69) is 10.3 Å². The molecule has 3 aromatic rings. The van der Waals surface area contributed by atoms with Crippen molar-refractivity contribution in [3.05, 3.63) is 42.0 Å². The third kappa shape index (κ3) is 3.95. The highest BCUT2D eigenvalue weighted by Gasteiger charge is 2.24. The number of amides is 2. The van der Waals surface area contributed by atoms with Gasteiger partial charge in [0.2, 0.25) is 0 Å². The van der Waals surface area contributed by atoms with Gasteiger partial charge in [-0.3, -0.25) is 0 Å². The molecule has 7 nitrogen and oxygen atoms in total. The highest BCUT2D eigenvalue weighted by molar-refractivity contribution is 7.22. The summed E-state index contributed by atoms with van der Waals surface area (Å²) in [6.07, 6.45) is 0. The van der Waals surface area contributed by atoms with E-state index in [0.717, 1.165) is 6.07 Å². The third-order valence-electron chi connectivity index (χ3n) is 4.89. The number of rotatable bonds is 4. The van der Waals surface area contributed by atoms with Gasteiger partial charge in [0.25, 0.3) is 0 Å². The Labute approximate surface area is 175 Å². The fraction of sp³-hybridized carbons (Fsp3) is 0.300. The Morgan fingerprint density at radius 1 is 1.10 bits per heavy atom. The smallest absolute Gasteiger partial charge is 0.322 e. The van der Waals surface area contributed by atoms with Crippen LogP contribution < -0.4 is 19.7 Å². The second kappa shape index (κ2) is 8.31. The number of thiazole rings is 1. The first-order valence-corrected chi connectivity index (χ1v) is 10.1. The van der Waals surface area contributed by atoms with Crippen molar-refractivity contribution in [1.29, 1.82) is 0 Å². The Kier molecular flexibility index (Phi) is 5.58. The minimum Gasteiger partial charge on any atom is -0.497 e. The van der Waals surface area contributed by atoms with E-state index < -0.39 is 11.6 Å². The highest BCUT2D eigenvalue weighted by Crippen LogP contribution is 2.32. The number of hydrogen-bond acceptors (Lipinski definition) is 6. The van der Waals surface area contributed by atoms with Crippen molar-refractivity contribution < 1.29 is 23.0 Å². The van der Waals surface area contributed by atoms with Crippen LogP contribution in [0.5, 0.6) is 11.5 Å². The largest absolute Gasteiger partial charge is 0.497 e. The van der Waals surface area contributed by atoms with Crippen molar-refractivity contribution in [2.24, 2.45) is 0 Å². The van der Waals surface area contributed by atoms with E-state index >= 15 is 0 Å². The van der Waals surface area contributed by atoms with Crippen molar-refractivity contribution in [1.82, 2.24) is 9.88 Å². The molecule has 4 rings (SSSR count). The van der Waals surface area contributed by atoms with Crippen molar-refractivity contribution in [2.45, 2.75) is 0 Å². The first-order chi connectivity index (χ1) is 14.5. The SMILES string of the molecule is COc1ccc(NC(=O)N2CCN(c3nc4c(F)cc(F)cc4s3)CC2)c(OC)c1. The molecule has 1 fully saturated rings. The molecule has 10 heteroatoms. The minimum atomic E-state index is -0.668. The number of nitrogens with zero attached hydrogens (tertiary/aromatic N) is 3. The van der Waals surface area contributed by atoms with Crippen LogP contribution in [0.25, 0.3) is 10.2 Å². The molecule has 0 unspecified atom stereocenters. The standard InChI is InChI=1S/C20H20F2N4O3S/c1-28-13-3-4-15(16(11-13)29-2)23-19(27)25-5-7-26(8-6-25)20-24-18-14(22)9-12(21)10-17(18)30-20/h3-4,9-11H,5-8H2,1-2H3,(H,23,27). The first kappa shape index (κ1) is 20.1. The van der Waals surface area contributed by atoms with Gasteiger partial charge in [-0.25, -0.2) is 18.6 Å². The van der Waals surface area contributed by atoms with Crippen LogP contribution in [-0.2, 0) is 0 Å². The van der Waals surface area contributed by atoms with Gasteiger partial charge in [0.05, 0.1) is 24.6 Å². The molecular formula is C20H20F2N4O3S. The normalized spacial score (nSPS) is 14.1.